The molecule has 0 aliphatic carbocycles. The zero-order chi connectivity index (χ0) is 25.4. The summed E-state index contributed by atoms with van der Waals surface area (Å²) >= 11 is 5.95. The van der Waals surface area contributed by atoms with Crippen LogP contribution in [0.3, 0.4) is 0 Å². The molecule has 3 atom stereocenters. The van der Waals surface area contributed by atoms with Crippen LogP contribution in [0.1, 0.15) is 18.4 Å². The van der Waals surface area contributed by atoms with E-state index in [1.54, 1.807) is 7.05 Å². The molecule has 200 valence electrons. The van der Waals surface area contributed by atoms with E-state index in [-0.39, 0.29) is 67.0 Å². The van der Waals surface area contributed by atoms with Crippen molar-refractivity contribution in [1.29, 1.82) is 0 Å². The maximum atomic E-state index is 15.3. The van der Waals surface area contributed by atoms with E-state index in [1.807, 2.05) is 0 Å². The molecule has 0 radical (unpaired) electrons. The molecular weight excluding hydrogens is 559 g/mol. The summed E-state index contributed by atoms with van der Waals surface area (Å²) in [6, 6.07) is 7.24. The van der Waals surface area contributed by atoms with Gasteiger partial charge >= 0.3 is 0 Å². The Morgan fingerprint density at radius 1 is 1.06 bits per heavy atom. The topological polar surface area (TPSA) is 98.8 Å². The van der Waals surface area contributed by atoms with Gasteiger partial charge in [-0.3, -0.25) is 0 Å². The fourth-order valence-electron chi connectivity index (χ4n) is 4.99. The molecule has 2 heterocycles. The van der Waals surface area contributed by atoms with Gasteiger partial charge in [-0.25, -0.2) is 25.6 Å². The lowest BCUT2D eigenvalue weighted by Crippen LogP contribution is -2.57. The molecule has 1 fully saturated rings. The predicted octanol–water partition coefficient (Wildman–Crippen LogP) is 3.53. The molecule has 0 unspecified atom stereocenters. The second-order valence-corrected chi connectivity index (χ2v) is 13.6. The Bertz CT molecular complexity index is 1310. The Hall–Kier alpha value is -1.50. The molecule has 1 N–H and O–H groups in total. The fourth-order valence-corrected chi connectivity index (χ4v) is 8.77. The largest absolute Gasteiger partial charge is 0.490 e. The third-order valence-electron chi connectivity index (χ3n) is 6.72. The molecule has 0 aromatic heterocycles. The van der Waals surface area contributed by atoms with Gasteiger partial charge in [0.15, 0.2) is 31.2 Å². The van der Waals surface area contributed by atoms with Crippen molar-refractivity contribution in [2.75, 3.05) is 38.3 Å². The first-order chi connectivity index (χ1) is 16.5. The van der Waals surface area contributed by atoms with Crippen LogP contribution in [-0.2, 0) is 29.2 Å². The van der Waals surface area contributed by atoms with Gasteiger partial charge < -0.3 is 14.8 Å². The molecule has 13 heteroatoms. The van der Waals surface area contributed by atoms with Gasteiger partial charge in [-0.05, 0) is 56.3 Å². The van der Waals surface area contributed by atoms with Crippen LogP contribution in [0.2, 0.25) is 5.02 Å². The fraction of sp³-hybridized carbons (Fsp3) is 0.478. The summed E-state index contributed by atoms with van der Waals surface area (Å²) < 4.78 is 92.9. The molecule has 7 nitrogen and oxygen atoms in total. The average molecular weight is 587 g/mol. The van der Waals surface area contributed by atoms with Gasteiger partial charge in [0.25, 0.3) is 0 Å². The highest BCUT2D eigenvalue weighted by atomic mass is 35.5. The Morgan fingerprint density at radius 3 is 2.39 bits per heavy atom. The third kappa shape index (κ3) is 5.10. The second-order valence-electron chi connectivity index (χ2n) is 8.70. The lowest BCUT2D eigenvalue weighted by molar-refractivity contribution is -0.0732. The van der Waals surface area contributed by atoms with Gasteiger partial charge in [0.1, 0.15) is 10.6 Å². The van der Waals surface area contributed by atoms with Gasteiger partial charge in [0, 0.05) is 24.1 Å². The molecule has 0 spiro atoms. The highest BCUT2D eigenvalue weighted by Crippen LogP contribution is 2.55. The van der Waals surface area contributed by atoms with Gasteiger partial charge in [-0.15, -0.1) is 12.4 Å². The summed E-state index contributed by atoms with van der Waals surface area (Å²) in [5.74, 6) is -3.53. The molecule has 0 bridgehead atoms. The summed E-state index contributed by atoms with van der Waals surface area (Å²) in [7, 11) is -6.15. The molecule has 0 saturated carbocycles. The van der Waals surface area contributed by atoms with Crippen LogP contribution in [0, 0.1) is 17.6 Å². The number of fused-ring (bicyclic) bond motifs is 3. The minimum Gasteiger partial charge on any atom is -0.490 e. The quantitative estimate of drug-likeness (QED) is 0.506. The van der Waals surface area contributed by atoms with Crippen molar-refractivity contribution >= 4 is 43.7 Å². The van der Waals surface area contributed by atoms with E-state index >= 15 is 4.39 Å². The number of hydrogen-bond donors (Lipinski definition) is 1. The first-order valence-electron chi connectivity index (χ1n) is 11.1. The van der Waals surface area contributed by atoms with E-state index in [0.717, 1.165) is 12.1 Å². The van der Waals surface area contributed by atoms with Crippen molar-refractivity contribution in [3.8, 4) is 5.75 Å². The number of hydrogen-bond acceptors (Lipinski definition) is 7. The average Bonchev–Trinajstić information content (AvgIpc) is 2.83. The summed E-state index contributed by atoms with van der Waals surface area (Å²) in [6.07, 6.45) is -1.03. The van der Waals surface area contributed by atoms with Crippen molar-refractivity contribution in [2.24, 2.45) is 5.92 Å². The maximum absolute atomic E-state index is 15.3. The van der Waals surface area contributed by atoms with E-state index < -0.39 is 53.8 Å². The minimum absolute atomic E-state index is 0. The normalized spacial score (nSPS) is 23.7. The third-order valence-corrected chi connectivity index (χ3v) is 11.2. The molecule has 0 amide bonds. The number of sulfone groups is 2. The number of benzene rings is 2. The molecule has 36 heavy (non-hydrogen) atoms. The molecule has 4 rings (SSSR count). The summed E-state index contributed by atoms with van der Waals surface area (Å²) in [6.45, 7) is -0.0888. The summed E-state index contributed by atoms with van der Waals surface area (Å²) in [5, 5.41) is 3.10. The van der Waals surface area contributed by atoms with Crippen molar-refractivity contribution in [1.82, 2.24) is 5.32 Å². The predicted molar refractivity (Wildman–Crippen MR) is 134 cm³/mol. The van der Waals surface area contributed by atoms with Crippen molar-refractivity contribution < 1.29 is 35.1 Å². The highest BCUT2D eigenvalue weighted by Gasteiger charge is 2.61. The molecule has 1 saturated heterocycles. The Morgan fingerprint density at radius 2 is 1.72 bits per heavy atom. The lowest BCUT2D eigenvalue weighted by Gasteiger charge is -2.50. The van der Waals surface area contributed by atoms with Crippen molar-refractivity contribution in [2.45, 2.75) is 28.6 Å². The minimum atomic E-state index is -4.34. The molecule has 2 aromatic carbocycles. The smallest absolute Gasteiger partial charge is 0.189 e. The van der Waals surface area contributed by atoms with Gasteiger partial charge in [0.05, 0.1) is 34.7 Å². The van der Waals surface area contributed by atoms with Crippen LogP contribution in [0.4, 0.5) is 8.78 Å². The monoisotopic (exact) mass is 585 g/mol. The molecule has 2 aliphatic heterocycles. The van der Waals surface area contributed by atoms with Crippen molar-refractivity contribution in [3.05, 3.63) is 58.6 Å². The van der Waals surface area contributed by atoms with Crippen LogP contribution in [0.5, 0.6) is 5.75 Å². The van der Waals surface area contributed by atoms with Crippen LogP contribution < -0.4 is 10.1 Å². The van der Waals surface area contributed by atoms with Gasteiger partial charge in [-0.1, -0.05) is 11.6 Å². The Kier molecular flexibility index (Phi) is 8.95. The van der Waals surface area contributed by atoms with E-state index in [0.29, 0.717) is 5.02 Å². The summed E-state index contributed by atoms with van der Waals surface area (Å²) in [4.78, 5) is -0.106. The zero-order valence-electron chi connectivity index (χ0n) is 19.4. The number of rotatable bonds is 8. The molecule has 2 aromatic rings. The van der Waals surface area contributed by atoms with Gasteiger partial charge in [0.2, 0.25) is 0 Å². The second kappa shape index (κ2) is 11.1. The standard InChI is InChI=1S/C23H26ClF2NO6S2.ClH/c1-27-10-13-34(28,29)12-8-20-17-14-33-22-19(26)7-6-18(25)21(22)23(17,9-11-32-20)35(30,31)16-4-2-15(24)3-5-16;/h2-7,17,20,27H,8-14H2,1H3;1H/t17-,20-,23-;/m0./s1. The van der Waals surface area contributed by atoms with Crippen molar-refractivity contribution in [3.63, 3.8) is 0 Å². The SMILES string of the molecule is CNCCS(=O)(=O)CC[C@@H]1OCC[C@@]2(S(=O)(=O)c3ccc(Cl)cc3)c3c(F)ccc(F)c3OC[C@@H]12.Cl. The van der Waals surface area contributed by atoms with E-state index in [4.69, 9.17) is 21.1 Å². The first kappa shape index (κ1) is 29.1. The summed E-state index contributed by atoms with van der Waals surface area (Å²) in [5.41, 5.74) is -0.380. The Balaban J connectivity index is 0.00000361. The Labute approximate surface area is 220 Å². The lowest BCUT2D eigenvalue weighted by atomic mass is 9.75. The molecular formula is C23H27Cl2F2NO6S2. The maximum Gasteiger partial charge on any atom is 0.189 e. The number of nitrogens with one attached hydrogen (secondary N) is 1. The van der Waals surface area contributed by atoms with E-state index in [2.05, 4.69) is 5.32 Å². The van der Waals surface area contributed by atoms with Gasteiger partial charge in [-0.2, -0.15) is 0 Å². The van der Waals surface area contributed by atoms with E-state index in [9.17, 15) is 21.2 Å². The highest BCUT2D eigenvalue weighted by molar-refractivity contribution is 7.92. The number of halogens is 4. The first-order valence-corrected chi connectivity index (χ1v) is 14.8. The molecule has 2 aliphatic rings. The van der Waals surface area contributed by atoms with Crippen LogP contribution >= 0.6 is 24.0 Å². The van der Waals surface area contributed by atoms with Crippen LogP contribution in [0.15, 0.2) is 41.3 Å². The zero-order valence-corrected chi connectivity index (χ0v) is 22.6. The van der Waals surface area contributed by atoms with Crippen LogP contribution in [0.25, 0.3) is 0 Å². The number of ether oxygens (including phenoxy) is 2. The van der Waals surface area contributed by atoms with Crippen LogP contribution in [-0.4, -0.2) is 61.3 Å². The van der Waals surface area contributed by atoms with E-state index in [1.165, 1.54) is 24.3 Å².